The number of nitrogens with zero attached hydrogens (tertiary/aromatic N) is 3. The maximum Gasteiger partial charge on any atom is 0.276 e. The summed E-state index contributed by atoms with van der Waals surface area (Å²) in [6.07, 6.45) is 6.81. The van der Waals surface area contributed by atoms with Crippen molar-refractivity contribution in [3.8, 4) is 5.75 Å². The summed E-state index contributed by atoms with van der Waals surface area (Å²) in [7, 11) is 0. The van der Waals surface area contributed by atoms with Gasteiger partial charge in [0.15, 0.2) is 11.3 Å². The van der Waals surface area contributed by atoms with E-state index in [2.05, 4.69) is 28.2 Å². The van der Waals surface area contributed by atoms with Crippen molar-refractivity contribution in [3.05, 3.63) is 63.1 Å². The number of fused-ring (bicyclic) bond motifs is 2. The monoisotopic (exact) mass is 526 g/mol. The second-order valence-electron chi connectivity index (χ2n) is 8.51. The zero-order valence-corrected chi connectivity index (χ0v) is 21.0. The molecule has 2 aromatic rings. The fourth-order valence-electron chi connectivity index (χ4n) is 4.36. The molecule has 1 saturated carbocycles. The number of carbonyl (C=O) groups excluding carboxylic acids is 1. The van der Waals surface area contributed by atoms with Crippen LogP contribution in [0.15, 0.2) is 57.0 Å². The maximum absolute atomic E-state index is 13.2. The average molecular weight is 527 g/mol. The number of hydrogen-bond donors (Lipinski definition) is 1. The third kappa shape index (κ3) is 4.82. The van der Waals surface area contributed by atoms with E-state index in [1.54, 1.807) is 16.8 Å². The Morgan fingerprint density at radius 2 is 1.97 bits per heavy atom. The molecule has 1 aliphatic carbocycles. The number of ether oxygens (including phenoxy) is 1. The Kier molecular flexibility index (Phi) is 6.74. The van der Waals surface area contributed by atoms with E-state index in [1.807, 2.05) is 42.5 Å². The van der Waals surface area contributed by atoms with Crippen molar-refractivity contribution in [2.24, 2.45) is 10.1 Å². The number of halogens is 1. The van der Waals surface area contributed by atoms with Crippen LogP contribution in [0.25, 0.3) is 5.70 Å². The van der Waals surface area contributed by atoms with Crippen LogP contribution in [-0.2, 0) is 4.79 Å². The minimum absolute atomic E-state index is 0.149. The highest BCUT2D eigenvalue weighted by atomic mass is 79.9. The van der Waals surface area contributed by atoms with Gasteiger partial charge in [0, 0.05) is 15.4 Å². The van der Waals surface area contributed by atoms with E-state index >= 15 is 0 Å². The van der Waals surface area contributed by atoms with E-state index in [0.717, 1.165) is 57.8 Å². The van der Waals surface area contributed by atoms with E-state index in [-0.39, 0.29) is 5.91 Å². The number of unbranched alkanes of at least 4 members (excludes halogenated alkanes) is 1. The van der Waals surface area contributed by atoms with Gasteiger partial charge in [-0.15, -0.1) is 5.10 Å². The molecular formula is C25H27BrN4O2S. The number of rotatable bonds is 6. The van der Waals surface area contributed by atoms with E-state index in [9.17, 15) is 4.79 Å². The first-order chi connectivity index (χ1) is 16.1. The van der Waals surface area contributed by atoms with Gasteiger partial charge in [-0.05, 0) is 68.0 Å². The lowest BCUT2D eigenvalue weighted by Gasteiger charge is -2.34. The molecule has 2 aliphatic heterocycles. The molecule has 0 saturated heterocycles. The fraction of sp³-hybridized carbons (Fsp3) is 0.400. The molecule has 6 nitrogen and oxygen atoms in total. The Morgan fingerprint density at radius 1 is 1.18 bits per heavy atom. The van der Waals surface area contributed by atoms with E-state index < -0.39 is 6.17 Å². The second kappa shape index (κ2) is 9.89. The first-order valence-corrected chi connectivity index (χ1v) is 13.4. The highest BCUT2D eigenvalue weighted by Gasteiger charge is 2.34. The van der Waals surface area contributed by atoms with Gasteiger partial charge >= 0.3 is 0 Å². The molecular weight excluding hydrogens is 500 g/mol. The predicted molar refractivity (Wildman–Crippen MR) is 135 cm³/mol. The van der Waals surface area contributed by atoms with Crippen LogP contribution in [0.4, 0.5) is 0 Å². The Bertz CT molecular complexity index is 1190. The van der Waals surface area contributed by atoms with Crippen molar-refractivity contribution >= 4 is 44.5 Å². The SMILES string of the molecule is CCCCSC1=NN2C(=c3cc(Br)ccc3=N[C@H]2c2ccc(OC3CCCC3)cc2)C(=O)N1. The molecule has 33 heavy (non-hydrogen) atoms. The molecule has 3 aliphatic rings. The number of amides is 1. The summed E-state index contributed by atoms with van der Waals surface area (Å²) in [6, 6.07) is 13.9. The minimum Gasteiger partial charge on any atom is -0.490 e. The molecule has 2 heterocycles. The molecule has 0 bridgehead atoms. The molecule has 1 atom stereocenters. The van der Waals surface area contributed by atoms with Gasteiger partial charge in [-0.3, -0.25) is 15.1 Å². The summed E-state index contributed by atoms with van der Waals surface area (Å²) in [5, 5.41) is 11.8. The summed E-state index contributed by atoms with van der Waals surface area (Å²) in [6.45, 7) is 2.15. The molecule has 1 amide bonds. The van der Waals surface area contributed by atoms with Crippen molar-refractivity contribution in [3.63, 3.8) is 0 Å². The summed E-state index contributed by atoms with van der Waals surface area (Å²) in [5.74, 6) is 1.64. The van der Waals surface area contributed by atoms with Crippen LogP contribution >= 0.6 is 27.7 Å². The van der Waals surface area contributed by atoms with Gasteiger partial charge in [-0.1, -0.05) is 53.2 Å². The molecule has 8 heteroatoms. The number of hydrazone groups is 1. The van der Waals surface area contributed by atoms with Crippen molar-refractivity contribution < 1.29 is 9.53 Å². The van der Waals surface area contributed by atoms with Crippen LogP contribution in [0.2, 0.25) is 0 Å². The second-order valence-corrected chi connectivity index (χ2v) is 10.5. The van der Waals surface area contributed by atoms with Crippen LogP contribution in [0.1, 0.15) is 57.2 Å². The number of nitrogens with one attached hydrogen (secondary N) is 1. The molecule has 1 fully saturated rings. The largest absolute Gasteiger partial charge is 0.490 e. The van der Waals surface area contributed by atoms with E-state index in [0.29, 0.717) is 17.0 Å². The van der Waals surface area contributed by atoms with E-state index in [4.69, 9.17) is 14.8 Å². The van der Waals surface area contributed by atoms with Gasteiger partial charge in [-0.2, -0.15) is 0 Å². The highest BCUT2D eigenvalue weighted by molar-refractivity contribution is 9.10. The van der Waals surface area contributed by atoms with Crippen LogP contribution in [0.3, 0.4) is 0 Å². The molecule has 5 rings (SSSR count). The zero-order chi connectivity index (χ0) is 22.8. The number of benzene rings is 2. The topological polar surface area (TPSA) is 66.3 Å². The Morgan fingerprint density at radius 3 is 2.73 bits per heavy atom. The molecule has 0 unspecified atom stereocenters. The van der Waals surface area contributed by atoms with E-state index in [1.165, 1.54) is 12.8 Å². The van der Waals surface area contributed by atoms with Crippen LogP contribution in [0.5, 0.6) is 5.75 Å². The molecule has 1 N–H and O–H groups in total. The molecule has 0 aromatic heterocycles. The first-order valence-electron chi connectivity index (χ1n) is 11.6. The first kappa shape index (κ1) is 22.5. The van der Waals surface area contributed by atoms with Gasteiger partial charge in [-0.25, -0.2) is 5.01 Å². The molecule has 0 radical (unpaired) electrons. The highest BCUT2D eigenvalue weighted by Crippen LogP contribution is 2.32. The lowest BCUT2D eigenvalue weighted by atomic mass is 10.1. The van der Waals surface area contributed by atoms with Crippen molar-refractivity contribution in [2.75, 3.05) is 5.75 Å². The third-order valence-electron chi connectivity index (χ3n) is 6.09. The van der Waals surface area contributed by atoms with Gasteiger partial charge in [0.2, 0.25) is 0 Å². The lowest BCUT2D eigenvalue weighted by Crippen LogP contribution is -2.50. The maximum atomic E-state index is 13.2. The molecule has 0 spiro atoms. The Hall–Kier alpha value is -2.32. The smallest absolute Gasteiger partial charge is 0.276 e. The summed E-state index contributed by atoms with van der Waals surface area (Å²) in [5.41, 5.74) is 1.49. The Balaban J connectivity index is 1.51. The van der Waals surface area contributed by atoms with Crippen molar-refractivity contribution in [2.45, 2.75) is 57.7 Å². The number of amidine groups is 1. The zero-order valence-electron chi connectivity index (χ0n) is 18.6. The summed E-state index contributed by atoms with van der Waals surface area (Å²) >= 11 is 5.10. The minimum atomic E-state index is -0.415. The Labute approximate surface area is 206 Å². The lowest BCUT2D eigenvalue weighted by molar-refractivity contribution is -0.116. The van der Waals surface area contributed by atoms with Crippen molar-refractivity contribution in [1.82, 2.24) is 10.3 Å². The summed E-state index contributed by atoms with van der Waals surface area (Å²) < 4.78 is 7.03. The average Bonchev–Trinajstić information content (AvgIpc) is 3.32. The van der Waals surface area contributed by atoms with Gasteiger partial charge in [0.25, 0.3) is 5.91 Å². The van der Waals surface area contributed by atoms with Crippen molar-refractivity contribution in [1.29, 1.82) is 0 Å². The normalized spacial score (nSPS) is 20.0. The van der Waals surface area contributed by atoms with Gasteiger partial charge in [0.05, 0.1) is 11.5 Å². The number of thioether (sulfide) groups is 1. The van der Waals surface area contributed by atoms with Crippen LogP contribution < -0.4 is 20.6 Å². The van der Waals surface area contributed by atoms with Crippen LogP contribution in [-0.4, -0.2) is 27.9 Å². The van der Waals surface area contributed by atoms with Gasteiger partial charge in [0.1, 0.15) is 11.4 Å². The summed E-state index contributed by atoms with van der Waals surface area (Å²) in [4.78, 5) is 18.2. The number of carbonyl (C=O) groups is 1. The predicted octanol–water partition coefficient (Wildman–Crippen LogP) is 4.45. The standard InChI is InChI=1S/C25H27BrN4O2S/c1-2-3-14-33-25-28-24(31)22-20-15-17(26)10-13-21(20)27-23(30(22)29-25)16-8-11-19(12-9-16)32-18-6-4-5-7-18/h8-13,15,18,23H,2-7,14H2,1H3,(H,28,29,31)/t23-/m1/s1. The molecule has 172 valence electrons. The third-order valence-corrected chi connectivity index (χ3v) is 7.53. The number of hydrogen-bond acceptors (Lipinski definition) is 6. The molecule has 2 aromatic carbocycles. The quantitative estimate of drug-likeness (QED) is 0.564. The fourth-order valence-corrected chi connectivity index (χ4v) is 5.66. The van der Waals surface area contributed by atoms with Gasteiger partial charge < -0.3 is 4.74 Å². The van der Waals surface area contributed by atoms with Crippen LogP contribution in [0, 0.1) is 0 Å².